The van der Waals surface area contributed by atoms with Gasteiger partial charge in [-0.25, -0.2) is 0 Å². The first-order chi connectivity index (χ1) is 9.54. The Morgan fingerprint density at radius 3 is 2.75 bits per heavy atom. The minimum Gasteiger partial charge on any atom is -0.490 e. The van der Waals surface area contributed by atoms with Gasteiger partial charge in [0.05, 0.1) is 0 Å². The van der Waals surface area contributed by atoms with Crippen LogP contribution in [0.1, 0.15) is 28.4 Å². The predicted octanol–water partition coefficient (Wildman–Crippen LogP) is 4.77. The van der Waals surface area contributed by atoms with Crippen LogP contribution in [-0.4, -0.2) is 11.9 Å². The van der Waals surface area contributed by atoms with Crippen LogP contribution in [0.25, 0.3) is 0 Å². The average Bonchev–Trinajstić information content (AvgIpc) is 2.77. The molecule has 0 fully saturated rings. The zero-order valence-corrected chi connectivity index (χ0v) is 14.0. The quantitative estimate of drug-likeness (QED) is 0.685. The van der Waals surface area contributed by atoms with Crippen molar-refractivity contribution in [2.24, 2.45) is 0 Å². The van der Waals surface area contributed by atoms with Crippen LogP contribution < -0.4 is 4.74 Å². The summed E-state index contributed by atoms with van der Waals surface area (Å²) in [6.45, 7) is 2.03. The largest absolute Gasteiger partial charge is 0.490 e. The minimum atomic E-state index is 0.0201. The van der Waals surface area contributed by atoms with E-state index in [0.717, 1.165) is 26.7 Å². The number of rotatable bonds is 2. The first-order valence-corrected chi connectivity index (χ1v) is 7.92. The second-order valence-electron chi connectivity index (χ2n) is 4.91. The lowest BCUT2D eigenvalue weighted by atomic mass is 10.00. The normalized spacial score (nSPS) is 16.6. The standard InChI is InChI=1S/C16H12Br2O2/c1-9-6-11-7-10(2-5-15(11)20-9)16(19)13-4-3-12(17)8-14(13)18/h2-5,7-9H,6H2,1H3. The second-order valence-corrected chi connectivity index (χ2v) is 6.68. The number of fused-ring (bicyclic) bond motifs is 1. The number of hydrogen-bond donors (Lipinski definition) is 0. The summed E-state index contributed by atoms with van der Waals surface area (Å²) in [4.78, 5) is 12.6. The molecule has 0 bridgehead atoms. The molecule has 1 heterocycles. The summed E-state index contributed by atoms with van der Waals surface area (Å²) in [5.74, 6) is 0.913. The summed E-state index contributed by atoms with van der Waals surface area (Å²) in [5.41, 5.74) is 2.47. The van der Waals surface area contributed by atoms with Gasteiger partial charge in [-0.3, -0.25) is 4.79 Å². The zero-order chi connectivity index (χ0) is 14.3. The highest BCUT2D eigenvalue weighted by atomic mass is 79.9. The molecule has 0 amide bonds. The third-order valence-corrected chi connectivity index (χ3v) is 4.48. The lowest BCUT2D eigenvalue weighted by molar-refractivity contribution is 0.103. The van der Waals surface area contributed by atoms with E-state index in [1.807, 2.05) is 43.3 Å². The summed E-state index contributed by atoms with van der Waals surface area (Å²) in [5, 5.41) is 0. The van der Waals surface area contributed by atoms with E-state index < -0.39 is 0 Å². The maximum atomic E-state index is 12.6. The molecule has 3 rings (SSSR count). The molecule has 0 aliphatic carbocycles. The fourth-order valence-electron chi connectivity index (χ4n) is 2.39. The summed E-state index contributed by atoms with van der Waals surface area (Å²) in [6.07, 6.45) is 1.05. The van der Waals surface area contributed by atoms with Crippen molar-refractivity contribution < 1.29 is 9.53 Å². The Morgan fingerprint density at radius 2 is 2.00 bits per heavy atom. The van der Waals surface area contributed by atoms with Crippen molar-refractivity contribution in [2.75, 3.05) is 0 Å². The average molecular weight is 396 g/mol. The number of ether oxygens (including phenoxy) is 1. The number of carbonyl (C=O) groups is 1. The number of carbonyl (C=O) groups excluding carboxylic acids is 1. The predicted molar refractivity (Wildman–Crippen MR) is 85.5 cm³/mol. The van der Waals surface area contributed by atoms with Gasteiger partial charge in [-0.2, -0.15) is 0 Å². The van der Waals surface area contributed by atoms with Gasteiger partial charge in [0, 0.05) is 26.5 Å². The molecule has 102 valence electrons. The van der Waals surface area contributed by atoms with Gasteiger partial charge in [0.25, 0.3) is 0 Å². The van der Waals surface area contributed by atoms with Crippen molar-refractivity contribution in [2.45, 2.75) is 19.4 Å². The smallest absolute Gasteiger partial charge is 0.194 e. The Morgan fingerprint density at radius 1 is 1.20 bits per heavy atom. The fraction of sp³-hybridized carbons (Fsp3) is 0.188. The highest BCUT2D eigenvalue weighted by Crippen LogP contribution is 2.31. The van der Waals surface area contributed by atoms with E-state index in [2.05, 4.69) is 31.9 Å². The maximum Gasteiger partial charge on any atom is 0.194 e. The van der Waals surface area contributed by atoms with Crippen molar-refractivity contribution in [1.29, 1.82) is 0 Å². The molecule has 4 heteroatoms. The van der Waals surface area contributed by atoms with Crippen LogP contribution in [0.4, 0.5) is 0 Å². The molecule has 2 nitrogen and oxygen atoms in total. The first-order valence-electron chi connectivity index (χ1n) is 6.34. The monoisotopic (exact) mass is 394 g/mol. The van der Waals surface area contributed by atoms with Crippen LogP contribution in [0, 0.1) is 0 Å². The lowest BCUT2D eigenvalue weighted by Crippen LogP contribution is -2.05. The highest BCUT2D eigenvalue weighted by molar-refractivity contribution is 9.11. The van der Waals surface area contributed by atoms with Crippen molar-refractivity contribution in [3.63, 3.8) is 0 Å². The molecule has 2 aromatic rings. The van der Waals surface area contributed by atoms with Crippen LogP contribution in [0.5, 0.6) is 5.75 Å². The molecule has 0 spiro atoms. The topological polar surface area (TPSA) is 26.3 Å². The van der Waals surface area contributed by atoms with E-state index in [0.29, 0.717) is 11.1 Å². The Labute approximate surface area is 134 Å². The van der Waals surface area contributed by atoms with E-state index in [9.17, 15) is 4.79 Å². The van der Waals surface area contributed by atoms with Gasteiger partial charge in [-0.05, 0) is 64.8 Å². The van der Waals surface area contributed by atoms with Gasteiger partial charge < -0.3 is 4.74 Å². The van der Waals surface area contributed by atoms with Crippen molar-refractivity contribution in [3.8, 4) is 5.75 Å². The number of benzene rings is 2. The third-order valence-electron chi connectivity index (χ3n) is 3.33. The van der Waals surface area contributed by atoms with Crippen LogP contribution in [0.15, 0.2) is 45.3 Å². The number of hydrogen-bond acceptors (Lipinski definition) is 2. The minimum absolute atomic E-state index is 0.0201. The van der Waals surface area contributed by atoms with Crippen LogP contribution in [-0.2, 0) is 6.42 Å². The second kappa shape index (κ2) is 5.34. The first kappa shape index (κ1) is 13.8. The summed E-state index contributed by atoms with van der Waals surface area (Å²) >= 11 is 6.83. The molecule has 1 unspecified atom stereocenters. The molecule has 0 radical (unpaired) electrons. The molecule has 0 saturated heterocycles. The zero-order valence-electron chi connectivity index (χ0n) is 10.8. The van der Waals surface area contributed by atoms with Gasteiger partial charge in [0.15, 0.2) is 5.78 Å². The van der Waals surface area contributed by atoms with E-state index >= 15 is 0 Å². The summed E-state index contributed by atoms with van der Waals surface area (Å²) in [6, 6.07) is 11.2. The SMILES string of the molecule is CC1Cc2cc(C(=O)c3ccc(Br)cc3Br)ccc2O1. The molecular formula is C16H12Br2O2. The Bertz CT molecular complexity index is 695. The molecule has 1 atom stereocenters. The van der Waals surface area contributed by atoms with E-state index in [4.69, 9.17) is 4.74 Å². The van der Waals surface area contributed by atoms with Gasteiger partial charge in [-0.1, -0.05) is 15.9 Å². The lowest BCUT2D eigenvalue weighted by Gasteiger charge is -2.06. The van der Waals surface area contributed by atoms with Crippen LogP contribution in [0.2, 0.25) is 0 Å². The van der Waals surface area contributed by atoms with Gasteiger partial charge in [0.2, 0.25) is 0 Å². The highest BCUT2D eigenvalue weighted by Gasteiger charge is 2.21. The van der Waals surface area contributed by atoms with Gasteiger partial charge in [-0.15, -0.1) is 0 Å². The third kappa shape index (κ3) is 2.54. The van der Waals surface area contributed by atoms with Crippen LogP contribution >= 0.6 is 31.9 Å². The molecule has 0 saturated carbocycles. The van der Waals surface area contributed by atoms with E-state index in [1.54, 1.807) is 0 Å². The Hall–Kier alpha value is -1.13. The molecule has 2 aromatic carbocycles. The number of halogens is 2. The van der Waals surface area contributed by atoms with E-state index in [1.165, 1.54) is 0 Å². The van der Waals surface area contributed by atoms with Crippen molar-refractivity contribution in [1.82, 2.24) is 0 Å². The molecule has 1 aliphatic rings. The van der Waals surface area contributed by atoms with Crippen molar-refractivity contribution >= 4 is 37.6 Å². The van der Waals surface area contributed by atoms with Gasteiger partial charge in [0.1, 0.15) is 11.9 Å². The molecule has 1 aliphatic heterocycles. The summed E-state index contributed by atoms with van der Waals surface area (Å²) < 4.78 is 7.40. The van der Waals surface area contributed by atoms with Crippen LogP contribution in [0.3, 0.4) is 0 Å². The molecular weight excluding hydrogens is 384 g/mol. The van der Waals surface area contributed by atoms with Crippen molar-refractivity contribution in [3.05, 3.63) is 62.0 Å². The summed E-state index contributed by atoms with van der Waals surface area (Å²) in [7, 11) is 0. The fourth-order valence-corrected chi connectivity index (χ4v) is 3.62. The van der Waals surface area contributed by atoms with E-state index in [-0.39, 0.29) is 11.9 Å². The Balaban J connectivity index is 1.97. The molecule has 0 N–H and O–H groups in total. The maximum absolute atomic E-state index is 12.6. The number of ketones is 1. The molecule has 20 heavy (non-hydrogen) atoms. The van der Waals surface area contributed by atoms with Gasteiger partial charge >= 0.3 is 0 Å². The Kier molecular flexibility index (Phi) is 3.69. The molecule has 0 aromatic heterocycles.